The van der Waals surface area contributed by atoms with Gasteiger partial charge in [-0.05, 0) is 25.9 Å². The summed E-state index contributed by atoms with van der Waals surface area (Å²) in [6.45, 7) is 0.761. The van der Waals surface area contributed by atoms with Crippen LogP contribution in [-0.2, 0) is 24.4 Å². The van der Waals surface area contributed by atoms with Crippen molar-refractivity contribution in [1.82, 2.24) is 0 Å². The highest BCUT2D eigenvalue weighted by atomic mass is 17.5. The van der Waals surface area contributed by atoms with Gasteiger partial charge in [0.1, 0.15) is 0 Å². The molecular weight excluding hydrogens is 204 g/mol. The first-order valence-corrected chi connectivity index (χ1v) is 4.67. The lowest BCUT2D eigenvalue weighted by molar-refractivity contribution is -0.459. The van der Waals surface area contributed by atoms with Crippen molar-refractivity contribution in [3.8, 4) is 0 Å². The first-order valence-electron chi connectivity index (χ1n) is 4.67. The predicted octanol–water partition coefficient (Wildman–Crippen LogP) is -0.603. The fourth-order valence-corrected chi connectivity index (χ4v) is 0.669. The van der Waals surface area contributed by atoms with Crippen LogP contribution in [0.25, 0.3) is 0 Å². The summed E-state index contributed by atoms with van der Waals surface area (Å²) in [5.74, 6) is -1.26. The minimum atomic E-state index is -0.632. The van der Waals surface area contributed by atoms with Gasteiger partial charge in [-0.25, -0.2) is 9.59 Å². The SMILES string of the molecule is NCCCC(=O)OOOC(=O)CCCN. The zero-order valence-corrected chi connectivity index (χ0v) is 8.44. The van der Waals surface area contributed by atoms with Gasteiger partial charge < -0.3 is 11.5 Å². The first-order chi connectivity index (χ1) is 7.20. The first kappa shape index (κ1) is 13.8. The molecule has 0 aliphatic carbocycles. The molecule has 0 radical (unpaired) electrons. The predicted molar refractivity (Wildman–Crippen MR) is 49.8 cm³/mol. The normalized spacial score (nSPS) is 9.73. The van der Waals surface area contributed by atoms with Crippen molar-refractivity contribution >= 4 is 11.9 Å². The molecule has 0 atom stereocenters. The Labute approximate surface area is 87.5 Å². The van der Waals surface area contributed by atoms with Crippen LogP contribution in [0.3, 0.4) is 0 Å². The standard InChI is InChI=1S/C8H16N2O5/c9-5-1-3-7(11)13-15-14-8(12)4-2-6-10/h1-6,9-10H2. The topological polar surface area (TPSA) is 114 Å². The van der Waals surface area contributed by atoms with Gasteiger partial charge in [0.05, 0.1) is 12.8 Å². The molecule has 0 spiro atoms. The molecule has 0 fully saturated rings. The quantitative estimate of drug-likeness (QED) is 0.414. The average Bonchev–Trinajstić information content (AvgIpc) is 2.23. The molecule has 0 rings (SSSR count). The molecule has 0 aromatic rings. The smallest absolute Gasteiger partial charge is 0.330 e. The summed E-state index contributed by atoms with van der Waals surface area (Å²) in [4.78, 5) is 29.8. The van der Waals surface area contributed by atoms with E-state index in [2.05, 4.69) is 14.8 Å². The van der Waals surface area contributed by atoms with E-state index in [4.69, 9.17) is 11.5 Å². The van der Waals surface area contributed by atoms with E-state index in [1.165, 1.54) is 0 Å². The molecule has 0 saturated heterocycles. The van der Waals surface area contributed by atoms with Crippen molar-refractivity contribution in [2.75, 3.05) is 13.1 Å². The third kappa shape index (κ3) is 9.13. The molecule has 4 N–H and O–H groups in total. The van der Waals surface area contributed by atoms with Gasteiger partial charge in [-0.3, -0.25) is 9.78 Å². The molecule has 0 aromatic carbocycles. The summed E-state index contributed by atoms with van der Waals surface area (Å²) in [6.07, 6.45) is 1.22. The molecule has 0 unspecified atom stereocenters. The molecule has 0 aliphatic heterocycles. The summed E-state index contributed by atoms with van der Waals surface area (Å²) in [5.41, 5.74) is 10.3. The number of carbonyl (C=O) groups is 2. The summed E-state index contributed by atoms with van der Waals surface area (Å²) >= 11 is 0. The minimum absolute atomic E-state index is 0.122. The van der Waals surface area contributed by atoms with Crippen LogP contribution in [-0.4, -0.2) is 25.0 Å². The molecule has 15 heavy (non-hydrogen) atoms. The summed E-state index contributed by atoms with van der Waals surface area (Å²) in [5, 5.41) is 3.97. The fraction of sp³-hybridized carbons (Fsp3) is 0.750. The lowest BCUT2D eigenvalue weighted by atomic mass is 10.3. The largest absolute Gasteiger partial charge is 0.346 e. The van der Waals surface area contributed by atoms with Crippen molar-refractivity contribution in [1.29, 1.82) is 0 Å². The Balaban J connectivity index is 3.36. The molecule has 88 valence electrons. The summed E-state index contributed by atoms with van der Waals surface area (Å²) < 4.78 is 0. The van der Waals surface area contributed by atoms with E-state index in [0.717, 1.165) is 0 Å². The average molecular weight is 220 g/mol. The van der Waals surface area contributed by atoms with Crippen LogP contribution in [0.5, 0.6) is 0 Å². The third-order valence-corrected chi connectivity index (χ3v) is 1.42. The zero-order valence-electron chi connectivity index (χ0n) is 8.44. The van der Waals surface area contributed by atoms with Crippen LogP contribution >= 0.6 is 0 Å². The van der Waals surface area contributed by atoms with Crippen molar-refractivity contribution < 1.29 is 24.4 Å². The second-order valence-electron chi connectivity index (χ2n) is 2.76. The molecule has 7 heteroatoms. The van der Waals surface area contributed by atoms with Crippen molar-refractivity contribution in [2.24, 2.45) is 11.5 Å². The fourth-order valence-electron chi connectivity index (χ4n) is 0.669. The van der Waals surface area contributed by atoms with Gasteiger partial charge in [0.25, 0.3) is 0 Å². The van der Waals surface area contributed by atoms with Crippen LogP contribution in [0.1, 0.15) is 25.7 Å². The third-order valence-electron chi connectivity index (χ3n) is 1.42. The molecule has 0 aliphatic rings. The van der Waals surface area contributed by atoms with Gasteiger partial charge in [-0.1, -0.05) is 0 Å². The monoisotopic (exact) mass is 220 g/mol. The Kier molecular flexibility index (Phi) is 8.64. The van der Waals surface area contributed by atoms with Crippen molar-refractivity contribution in [2.45, 2.75) is 25.7 Å². The number of hydrogen-bond acceptors (Lipinski definition) is 7. The Hall–Kier alpha value is -1.18. The van der Waals surface area contributed by atoms with Crippen LogP contribution in [0, 0.1) is 0 Å². The maximum absolute atomic E-state index is 10.8. The molecule has 0 aromatic heterocycles. The van der Waals surface area contributed by atoms with E-state index in [1.54, 1.807) is 0 Å². The second-order valence-corrected chi connectivity index (χ2v) is 2.76. The maximum atomic E-state index is 10.8. The molecular formula is C8H16N2O5. The van der Waals surface area contributed by atoms with Crippen LogP contribution in [0.4, 0.5) is 0 Å². The molecule has 0 bridgehead atoms. The Morgan fingerprint density at radius 1 is 0.867 bits per heavy atom. The van der Waals surface area contributed by atoms with Gasteiger partial charge in [-0.15, -0.1) is 0 Å². The molecule has 0 heterocycles. The van der Waals surface area contributed by atoms with Gasteiger partial charge >= 0.3 is 11.9 Å². The number of carbonyl (C=O) groups excluding carboxylic acids is 2. The van der Waals surface area contributed by atoms with Gasteiger partial charge in [0, 0.05) is 5.04 Å². The van der Waals surface area contributed by atoms with Crippen LogP contribution < -0.4 is 11.5 Å². The highest BCUT2D eigenvalue weighted by Crippen LogP contribution is 1.95. The minimum Gasteiger partial charge on any atom is -0.330 e. The van der Waals surface area contributed by atoms with E-state index >= 15 is 0 Å². The van der Waals surface area contributed by atoms with Crippen molar-refractivity contribution in [3.63, 3.8) is 0 Å². The van der Waals surface area contributed by atoms with E-state index in [0.29, 0.717) is 25.9 Å². The lowest BCUT2D eigenvalue weighted by Gasteiger charge is -2.01. The second kappa shape index (κ2) is 9.38. The zero-order chi connectivity index (χ0) is 11.5. The highest BCUT2D eigenvalue weighted by Gasteiger charge is 2.07. The lowest BCUT2D eigenvalue weighted by Crippen LogP contribution is -2.12. The Morgan fingerprint density at radius 2 is 1.27 bits per heavy atom. The molecule has 7 nitrogen and oxygen atoms in total. The Bertz CT molecular complexity index is 177. The van der Waals surface area contributed by atoms with Crippen molar-refractivity contribution in [3.05, 3.63) is 0 Å². The van der Waals surface area contributed by atoms with Crippen LogP contribution in [0.15, 0.2) is 0 Å². The van der Waals surface area contributed by atoms with Crippen LogP contribution in [0.2, 0.25) is 0 Å². The van der Waals surface area contributed by atoms with Gasteiger partial charge in [0.2, 0.25) is 0 Å². The number of nitrogens with two attached hydrogens (primary N) is 2. The summed E-state index contributed by atoms with van der Waals surface area (Å²) in [6, 6.07) is 0. The van der Waals surface area contributed by atoms with Gasteiger partial charge in [-0.2, -0.15) is 0 Å². The molecule has 0 saturated carbocycles. The number of hydrogen-bond donors (Lipinski definition) is 2. The summed E-state index contributed by atoms with van der Waals surface area (Å²) in [7, 11) is 0. The Morgan fingerprint density at radius 3 is 1.60 bits per heavy atom. The van der Waals surface area contributed by atoms with E-state index < -0.39 is 11.9 Å². The van der Waals surface area contributed by atoms with Gasteiger partial charge in [0.15, 0.2) is 0 Å². The maximum Gasteiger partial charge on any atom is 0.346 e. The molecule has 0 amide bonds. The van der Waals surface area contributed by atoms with E-state index in [1.807, 2.05) is 0 Å². The van der Waals surface area contributed by atoms with E-state index in [-0.39, 0.29) is 12.8 Å². The highest BCUT2D eigenvalue weighted by molar-refractivity contribution is 5.69. The van der Waals surface area contributed by atoms with E-state index in [9.17, 15) is 9.59 Å². The number of rotatable bonds is 8.